The van der Waals surface area contributed by atoms with E-state index in [4.69, 9.17) is 10.5 Å². The molecule has 2 aliphatic carbocycles. The van der Waals surface area contributed by atoms with E-state index in [0.717, 1.165) is 62.5 Å². The number of H-pyrrole nitrogens is 1. The molecule has 5 rings (SSSR count). The number of rotatable bonds is 13. The van der Waals surface area contributed by atoms with E-state index in [-0.39, 0.29) is 29.6 Å². The van der Waals surface area contributed by atoms with Crippen LogP contribution in [-0.4, -0.2) is 56.9 Å². The number of ether oxygens (including phenoxy) is 1. The Morgan fingerprint density at radius 2 is 1.94 bits per heavy atom. The average Bonchev–Trinajstić information content (AvgIpc) is 3.80. The van der Waals surface area contributed by atoms with Crippen molar-refractivity contribution < 1.29 is 25.2 Å². The second kappa shape index (κ2) is 16.6. The number of aromatic nitrogens is 1. The summed E-state index contributed by atoms with van der Waals surface area (Å²) in [5.74, 6) is 7.74. The third-order valence-electron chi connectivity index (χ3n) is 10.8. The number of aliphatic hydroxyl groups excluding tert-OH is 3. The smallest absolute Gasteiger partial charge is 0.161 e. The molecule has 3 aliphatic rings. The summed E-state index contributed by atoms with van der Waals surface area (Å²) in [5, 5.41) is 46.7. The number of hydrogen-bond acceptors (Lipinski definition) is 7. The Kier molecular flexibility index (Phi) is 12.4. The predicted octanol–water partition coefficient (Wildman–Crippen LogP) is 5.57. The lowest BCUT2D eigenvalue weighted by Gasteiger charge is -2.40. The van der Waals surface area contributed by atoms with Gasteiger partial charge in [0.15, 0.2) is 11.5 Å². The van der Waals surface area contributed by atoms with Crippen LogP contribution in [0.2, 0.25) is 0 Å². The molecule has 0 spiro atoms. The summed E-state index contributed by atoms with van der Waals surface area (Å²) in [6.07, 6.45) is 15.5. The number of aliphatic hydroxyl groups is 3. The molecule has 8 nitrogen and oxygen atoms in total. The fraction of sp³-hybridized carbons (Fsp3) is 0.590. The van der Waals surface area contributed by atoms with Crippen molar-refractivity contribution in [2.45, 2.75) is 114 Å². The number of aromatic hydroxyl groups is 1. The van der Waals surface area contributed by atoms with Crippen molar-refractivity contribution in [1.29, 1.82) is 0 Å². The maximum atomic E-state index is 11.2. The van der Waals surface area contributed by atoms with E-state index in [1.165, 1.54) is 5.69 Å². The molecule has 1 aliphatic heterocycles. The summed E-state index contributed by atoms with van der Waals surface area (Å²) in [6.45, 7) is 2.61. The first-order chi connectivity index (χ1) is 22.8. The molecule has 6 atom stereocenters. The molecule has 8 heteroatoms. The maximum absolute atomic E-state index is 11.2. The number of benzene rings is 1. The molecule has 1 fully saturated rings. The average molecular weight is 646 g/mol. The third-order valence-corrected chi connectivity index (χ3v) is 10.8. The van der Waals surface area contributed by atoms with E-state index >= 15 is 0 Å². The Bertz CT molecular complexity index is 1400. The van der Waals surface area contributed by atoms with Gasteiger partial charge < -0.3 is 41.2 Å². The summed E-state index contributed by atoms with van der Waals surface area (Å²) in [5.41, 5.74) is 9.35. The maximum Gasteiger partial charge on any atom is 0.161 e. The highest BCUT2D eigenvalue weighted by atomic mass is 16.5. The number of hydrogen-bond donors (Lipinski definition) is 7. The summed E-state index contributed by atoms with van der Waals surface area (Å²) in [7, 11) is 0. The van der Waals surface area contributed by atoms with Gasteiger partial charge in [-0.2, -0.15) is 0 Å². The minimum Gasteiger partial charge on any atom is -0.504 e. The normalized spacial score (nSPS) is 24.9. The summed E-state index contributed by atoms with van der Waals surface area (Å²) in [6, 6.07) is 9.48. The number of dihydropyridines is 1. The lowest BCUT2D eigenvalue weighted by atomic mass is 9.66. The number of nitrogens with one attached hydrogen (secondary N) is 2. The van der Waals surface area contributed by atoms with Crippen molar-refractivity contribution in [3.05, 3.63) is 71.3 Å². The van der Waals surface area contributed by atoms with E-state index < -0.39 is 18.3 Å². The number of phenolic OH excluding ortho intramolecular Hbond substituents is 1. The zero-order chi connectivity index (χ0) is 33.2. The largest absolute Gasteiger partial charge is 0.504 e. The van der Waals surface area contributed by atoms with Crippen molar-refractivity contribution in [2.24, 2.45) is 23.5 Å². The highest BCUT2D eigenvalue weighted by Crippen LogP contribution is 2.51. The molecule has 1 aromatic heterocycles. The van der Waals surface area contributed by atoms with Crippen LogP contribution in [0.25, 0.3) is 0 Å². The highest BCUT2D eigenvalue weighted by molar-refractivity contribution is 5.42. The molecule has 0 saturated heterocycles. The first kappa shape index (κ1) is 34.9. The van der Waals surface area contributed by atoms with Crippen molar-refractivity contribution in [3.63, 3.8) is 0 Å². The van der Waals surface area contributed by atoms with Crippen molar-refractivity contribution in [1.82, 2.24) is 10.3 Å². The fourth-order valence-corrected chi connectivity index (χ4v) is 8.08. The van der Waals surface area contributed by atoms with Gasteiger partial charge in [-0.1, -0.05) is 50.7 Å². The third kappa shape index (κ3) is 8.76. The van der Waals surface area contributed by atoms with Gasteiger partial charge in [-0.05, 0) is 98.8 Å². The summed E-state index contributed by atoms with van der Waals surface area (Å²) < 4.78 is 6.40. The molecule has 1 saturated carbocycles. The minimum atomic E-state index is -0.697. The molecule has 47 heavy (non-hydrogen) atoms. The number of aromatic amines is 1. The van der Waals surface area contributed by atoms with Gasteiger partial charge in [0.2, 0.25) is 0 Å². The number of allylic oxidation sites excluding steroid dienone is 2. The van der Waals surface area contributed by atoms with Gasteiger partial charge in [0.25, 0.3) is 0 Å². The molecular formula is C39H55N3O5. The van der Waals surface area contributed by atoms with Gasteiger partial charge in [-0.3, -0.25) is 0 Å². The Labute approximate surface area is 280 Å². The van der Waals surface area contributed by atoms with Crippen LogP contribution in [0.4, 0.5) is 0 Å². The van der Waals surface area contributed by atoms with Crippen LogP contribution in [0.1, 0.15) is 95.2 Å². The van der Waals surface area contributed by atoms with Crippen LogP contribution in [0, 0.1) is 29.6 Å². The molecule has 0 unspecified atom stereocenters. The lowest BCUT2D eigenvalue weighted by molar-refractivity contribution is 0.00559. The number of phenols is 1. The zero-order valence-corrected chi connectivity index (χ0v) is 28.0. The topological polar surface area (TPSA) is 144 Å². The molecule has 2 aromatic rings. The molecule has 256 valence electrons. The van der Waals surface area contributed by atoms with Crippen molar-refractivity contribution in [3.8, 4) is 23.3 Å². The SMILES string of the molecule is CC[C@@H]1C#CC[C@H]([C@H](O)CCc2ccc(O)c(O[C@H](CO)C[C@H](C3=CCNC(N)=C3)C3(c4ccc[nH]4)CCCC3)c2)[C@@H](O)CCCC1. The molecule has 1 aromatic carbocycles. The molecule has 8 N–H and O–H groups in total. The lowest BCUT2D eigenvalue weighted by Crippen LogP contribution is -2.39. The number of aryl methyl sites for hydroxylation is 1. The van der Waals surface area contributed by atoms with E-state index in [1.807, 2.05) is 30.5 Å². The molecule has 0 bridgehead atoms. The van der Waals surface area contributed by atoms with Gasteiger partial charge >= 0.3 is 0 Å². The van der Waals surface area contributed by atoms with Crippen LogP contribution >= 0.6 is 0 Å². The van der Waals surface area contributed by atoms with Crippen LogP contribution in [0.15, 0.2) is 60.1 Å². The highest BCUT2D eigenvalue weighted by Gasteiger charge is 2.46. The molecule has 0 amide bonds. The number of nitrogens with two attached hydrogens (primary N) is 1. The molecule has 2 heterocycles. The first-order valence-electron chi connectivity index (χ1n) is 17.8. The quantitative estimate of drug-likeness (QED) is 0.141. The Balaban J connectivity index is 1.30. The Hall–Kier alpha value is -3.38. The van der Waals surface area contributed by atoms with E-state index in [1.54, 1.807) is 6.07 Å². The van der Waals surface area contributed by atoms with E-state index in [2.05, 4.69) is 41.2 Å². The predicted molar refractivity (Wildman–Crippen MR) is 185 cm³/mol. The Morgan fingerprint density at radius 1 is 1.13 bits per heavy atom. The van der Waals surface area contributed by atoms with Crippen LogP contribution in [0.5, 0.6) is 11.5 Å². The van der Waals surface area contributed by atoms with Crippen LogP contribution < -0.4 is 15.8 Å². The minimum absolute atomic E-state index is 0.0120. The van der Waals surface area contributed by atoms with Gasteiger partial charge in [0.05, 0.1) is 24.6 Å². The Morgan fingerprint density at radius 3 is 2.66 bits per heavy atom. The summed E-state index contributed by atoms with van der Waals surface area (Å²) in [4.78, 5) is 3.49. The monoisotopic (exact) mass is 645 g/mol. The van der Waals surface area contributed by atoms with E-state index in [0.29, 0.717) is 56.1 Å². The van der Waals surface area contributed by atoms with Gasteiger partial charge in [-0.15, -0.1) is 5.92 Å². The van der Waals surface area contributed by atoms with Crippen molar-refractivity contribution >= 4 is 0 Å². The second-order valence-electron chi connectivity index (χ2n) is 13.9. The summed E-state index contributed by atoms with van der Waals surface area (Å²) >= 11 is 0. The standard InChI is InChI=1S/C39H55N3O5/c1-2-27-9-3-4-12-33(44)31(11-7-10-27)34(45)16-14-28-15-17-35(46)36(23-28)47-30(26-43)25-32(29-18-22-42-38(40)24-29)39(19-5-6-20-39)37-13-8-21-41-37/h8,13,15,17-18,21,23-24,27,30-34,41-46H,2-6,9,11-12,14,16,19-20,22,25-26,40H2,1H3/t27-,30-,31-,32+,33-,34+/m0/s1. The van der Waals surface area contributed by atoms with Gasteiger partial charge in [0.1, 0.15) is 6.10 Å². The van der Waals surface area contributed by atoms with Crippen LogP contribution in [-0.2, 0) is 11.8 Å². The van der Waals surface area contributed by atoms with Crippen LogP contribution in [0.3, 0.4) is 0 Å². The fourth-order valence-electron chi connectivity index (χ4n) is 8.08. The van der Waals surface area contributed by atoms with E-state index in [9.17, 15) is 20.4 Å². The molecule has 0 radical (unpaired) electrons. The molecular weight excluding hydrogens is 590 g/mol. The first-order valence-corrected chi connectivity index (χ1v) is 17.8. The van der Waals surface area contributed by atoms with Gasteiger partial charge in [-0.25, -0.2) is 0 Å². The van der Waals surface area contributed by atoms with Gasteiger partial charge in [0, 0.05) is 42.1 Å². The second-order valence-corrected chi connectivity index (χ2v) is 13.9. The van der Waals surface area contributed by atoms with Crippen molar-refractivity contribution in [2.75, 3.05) is 13.2 Å². The zero-order valence-electron chi connectivity index (χ0n) is 28.0.